The molecule has 0 saturated heterocycles. The van der Waals surface area contributed by atoms with Gasteiger partial charge >= 0.3 is 5.97 Å². The first-order valence-corrected chi connectivity index (χ1v) is 9.23. The summed E-state index contributed by atoms with van der Waals surface area (Å²) in [5.41, 5.74) is 1.06. The maximum absolute atomic E-state index is 11.5. The van der Waals surface area contributed by atoms with Crippen molar-refractivity contribution < 1.29 is 38.3 Å². The van der Waals surface area contributed by atoms with E-state index in [1.165, 1.54) is 42.5 Å². The molecule has 1 N–H and O–H groups in total. The van der Waals surface area contributed by atoms with Gasteiger partial charge in [0.1, 0.15) is 18.1 Å². The molecule has 8 nitrogen and oxygen atoms in total. The molecule has 0 aromatic heterocycles. The van der Waals surface area contributed by atoms with Crippen LogP contribution in [-0.4, -0.2) is 53.2 Å². The van der Waals surface area contributed by atoms with E-state index in [-0.39, 0.29) is 6.61 Å². The molecule has 0 fully saturated rings. The highest BCUT2D eigenvalue weighted by molar-refractivity contribution is 5.66. The zero-order chi connectivity index (χ0) is 22.3. The third-order valence-electron chi connectivity index (χ3n) is 4.71. The molecule has 0 radical (unpaired) electrons. The van der Waals surface area contributed by atoms with Gasteiger partial charge in [-0.3, -0.25) is 4.79 Å². The number of hydrogen-bond acceptors (Lipinski definition) is 8. The van der Waals surface area contributed by atoms with E-state index in [2.05, 4.69) is 0 Å². The Hall–Kier alpha value is -3.13. The maximum Gasteiger partial charge on any atom is 0.302 e. The summed E-state index contributed by atoms with van der Waals surface area (Å²) in [7, 11) is 7.53. The van der Waals surface area contributed by atoms with Crippen LogP contribution in [0.15, 0.2) is 30.3 Å². The molecule has 2 rings (SSSR count). The highest BCUT2D eigenvalue weighted by Gasteiger charge is 2.31. The quantitative estimate of drug-likeness (QED) is 0.586. The van der Waals surface area contributed by atoms with Gasteiger partial charge in [0.2, 0.25) is 5.75 Å². The summed E-state index contributed by atoms with van der Waals surface area (Å²) in [5.74, 6) is 1.03. The van der Waals surface area contributed by atoms with Crippen LogP contribution in [0.3, 0.4) is 0 Å². The lowest BCUT2D eigenvalue weighted by atomic mass is 9.88. The third kappa shape index (κ3) is 4.88. The van der Waals surface area contributed by atoms with Crippen LogP contribution in [0.4, 0.5) is 0 Å². The Morgan fingerprint density at radius 2 is 1.37 bits per heavy atom. The van der Waals surface area contributed by atoms with Crippen molar-refractivity contribution in [2.24, 2.45) is 0 Å². The largest absolute Gasteiger partial charge is 0.496 e. The Labute approximate surface area is 176 Å². The molecular weight excluding hydrogens is 392 g/mol. The Morgan fingerprint density at radius 1 is 0.867 bits per heavy atom. The fourth-order valence-electron chi connectivity index (χ4n) is 3.29. The number of aliphatic hydroxyl groups excluding tert-OH is 1. The lowest BCUT2D eigenvalue weighted by Crippen LogP contribution is -2.20. The van der Waals surface area contributed by atoms with Crippen LogP contribution >= 0.6 is 0 Å². The van der Waals surface area contributed by atoms with E-state index in [1.807, 2.05) is 0 Å². The summed E-state index contributed by atoms with van der Waals surface area (Å²) in [6.07, 6.45) is -1.11. The van der Waals surface area contributed by atoms with Crippen molar-refractivity contribution >= 4 is 5.97 Å². The molecule has 30 heavy (non-hydrogen) atoms. The standard InChI is InChI=1S/C22H28O8/c1-13(23)30-12-15(20-16(25-2)8-7-9-17(20)26-3)21(24)14-10-18(27-4)22(29-6)19(11-14)28-5/h7-11,15,21,24H,12H2,1-6H3/t15-,21-/m1/s1. The Morgan fingerprint density at radius 3 is 1.77 bits per heavy atom. The van der Waals surface area contributed by atoms with Crippen LogP contribution in [0.2, 0.25) is 0 Å². The zero-order valence-corrected chi connectivity index (χ0v) is 18.1. The molecule has 0 heterocycles. The molecule has 0 saturated carbocycles. The van der Waals surface area contributed by atoms with E-state index in [0.29, 0.717) is 39.9 Å². The molecule has 8 heteroatoms. The fourth-order valence-corrected chi connectivity index (χ4v) is 3.29. The summed E-state index contributed by atoms with van der Waals surface area (Å²) < 4.78 is 32.4. The summed E-state index contributed by atoms with van der Waals surface area (Å²) >= 11 is 0. The normalized spacial score (nSPS) is 12.5. The summed E-state index contributed by atoms with van der Waals surface area (Å²) in [5, 5.41) is 11.3. The molecule has 0 unspecified atom stereocenters. The van der Waals surface area contributed by atoms with Crippen LogP contribution in [0.5, 0.6) is 28.7 Å². The number of aliphatic hydroxyl groups is 1. The smallest absolute Gasteiger partial charge is 0.302 e. The predicted octanol–water partition coefficient (Wildman–Crippen LogP) is 3.11. The molecule has 0 amide bonds. The fraction of sp³-hybridized carbons (Fsp3) is 0.409. The van der Waals surface area contributed by atoms with E-state index >= 15 is 0 Å². The van der Waals surface area contributed by atoms with Crippen molar-refractivity contribution in [3.63, 3.8) is 0 Å². The highest BCUT2D eigenvalue weighted by atomic mass is 16.5. The van der Waals surface area contributed by atoms with Gasteiger partial charge in [-0.05, 0) is 29.8 Å². The van der Waals surface area contributed by atoms with Gasteiger partial charge in [0.25, 0.3) is 0 Å². The minimum atomic E-state index is -1.11. The van der Waals surface area contributed by atoms with Crippen molar-refractivity contribution in [1.82, 2.24) is 0 Å². The minimum Gasteiger partial charge on any atom is -0.496 e. The molecule has 2 aromatic carbocycles. The predicted molar refractivity (Wildman–Crippen MR) is 110 cm³/mol. The number of carbonyl (C=O) groups is 1. The van der Waals surface area contributed by atoms with Gasteiger partial charge in [0.15, 0.2) is 11.5 Å². The summed E-state index contributed by atoms with van der Waals surface area (Å²) in [4.78, 5) is 11.5. The molecule has 0 spiro atoms. The summed E-state index contributed by atoms with van der Waals surface area (Å²) in [6, 6.07) is 8.57. The van der Waals surface area contributed by atoms with Gasteiger partial charge in [-0.25, -0.2) is 0 Å². The Kier molecular flexibility index (Phi) is 8.17. The monoisotopic (exact) mass is 420 g/mol. The van der Waals surface area contributed by atoms with Gasteiger partial charge in [-0.2, -0.15) is 0 Å². The first kappa shape index (κ1) is 23.2. The molecule has 0 aliphatic carbocycles. The van der Waals surface area contributed by atoms with Gasteiger partial charge in [0, 0.05) is 12.5 Å². The van der Waals surface area contributed by atoms with Crippen LogP contribution < -0.4 is 23.7 Å². The Bertz CT molecular complexity index is 817. The van der Waals surface area contributed by atoms with Crippen molar-refractivity contribution in [1.29, 1.82) is 0 Å². The van der Waals surface area contributed by atoms with Gasteiger partial charge in [-0.15, -0.1) is 0 Å². The number of hydrogen-bond donors (Lipinski definition) is 1. The van der Waals surface area contributed by atoms with Crippen LogP contribution in [0.25, 0.3) is 0 Å². The average molecular weight is 420 g/mol. The SMILES string of the molecule is COc1cc([C@@H](O)[C@H](COC(C)=O)c2c(OC)cccc2OC)cc(OC)c1OC. The van der Waals surface area contributed by atoms with Crippen molar-refractivity contribution in [2.75, 3.05) is 42.2 Å². The summed E-state index contributed by atoms with van der Waals surface area (Å²) in [6.45, 7) is 1.21. The zero-order valence-electron chi connectivity index (χ0n) is 18.1. The van der Waals surface area contributed by atoms with E-state index in [0.717, 1.165) is 0 Å². The molecule has 0 aliphatic heterocycles. The highest BCUT2D eigenvalue weighted by Crippen LogP contribution is 2.45. The first-order valence-electron chi connectivity index (χ1n) is 9.23. The van der Waals surface area contributed by atoms with Gasteiger partial charge in [0.05, 0.1) is 47.6 Å². The van der Waals surface area contributed by atoms with Crippen molar-refractivity contribution in [3.8, 4) is 28.7 Å². The van der Waals surface area contributed by atoms with E-state index in [9.17, 15) is 9.90 Å². The molecular formula is C22H28O8. The molecule has 2 atom stereocenters. The van der Waals surface area contributed by atoms with E-state index in [1.54, 1.807) is 30.3 Å². The lowest BCUT2D eigenvalue weighted by molar-refractivity contribution is -0.142. The number of esters is 1. The lowest BCUT2D eigenvalue weighted by Gasteiger charge is -2.27. The molecule has 0 bridgehead atoms. The molecule has 2 aromatic rings. The Balaban J connectivity index is 2.63. The number of benzene rings is 2. The molecule has 0 aliphatic rings. The topological polar surface area (TPSA) is 92.7 Å². The van der Waals surface area contributed by atoms with E-state index < -0.39 is 18.0 Å². The number of ether oxygens (including phenoxy) is 6. The third-order valence-corrected chi connectivity index (χ3v) is 4.71. The second-order valence-electron chi connectivity index (χ2n) is 6.39. The second kappa shape index (κ2) is 10.6. The molecule has 164 valence electrons. The van der Waals surface area contributed by atoms with Crippen LogP contribution in [0.1, 0.15) is 30.1 Å². The maximum atomic E-state index is 11.5. The van der Waals surface area contributed by atoms with Gasteiger partial charge in [-0.1, -0.05) is 6.07 Å². The second-order valence-corrected chi connectivity index (χ2v) is 6.39. The average Bonchev–Trinajstić information content (AvgIpc) is 2.77. The van der Waals surface area contributed by atoms with Crippen LogP contribution in [-0.2, 0) is 9.53 Å². The number of carbonyl (C=O) groups excluding carboxylic acids is 1. The number of methoxy groups -OCH3 is 5. The minimum absolute atomic E-state index is 0.0934. The van der Waals surface area contributed by atoms with Crippen LogP contribution in [0, 0.1) is 0 Å². The van der Waals surface area contributed by atoms with Crippen molar-refractivity contribution in [2.45, 2.75) is 18.9 Å². The van der Waals surface area contributed by atoms with E-state index in [4.69, 9.17) is 28.4 Å². The van der Waals surface area contributed by atoms with Gasteiger partial charge < -0.3 is 33.5 Å². The number of rotatable bonds is 10. The van der Waals surface area contributed by atoms with Crippen molar-refractivity contribution in [3.05, 3.63) is 41.5 Å². The first-order chi connectivity index (χ1) is 14.4.